The highest BCUT2D eigenvalue weighted by Crippen LogP contribution is 2.33. The van der Waals surface area contributed by atoms with Crippen molar-refractivity contribution in [3.8, 4) is 5.75 Å². The molecule has 2 heteroatoms. The van der Waals surface area contributed by atoms with E-state index in [1.165, 1.54) is 18.4 Å². The Morgan fingerprint density at radius 1 is 1.24 bits per heavy atom. The van der Waals surface area contributed by atoms with Crippen LogP contribution in [0.25, 0.3) is 0 Å². The van der Waals surface area contributed by atoms with E-state index in [1.54, 1.807) is 0 Å². The molecule has 94 valence electrons. The van der Waals surface area contributed by atoms with Gasteiger partial charge in [0.2, 0.25) is 0 Å². The molecule has 1 aliphatic rings. The summed E-state index contributed by atoms with van der Waals surface area (Å²) in [5.41, 5.74) is 2.49. The van der Waals surface area contributed by atoms with Crippen molar-refractivity contribution in [2.24, 2.45) is 0 Å². The van der Waals surface area contributed by atoms with Gasteiger partial charge in [0, 0.05) is 11.6 Å². The van der Waals surface area contributed by atoms with Crippen LogP contribution in [0.3, 0.4) is 0 Å². The summed E-state index contributed by atoms with van der Waals surface area (Å²) >= 11 is 0. The first kappa shape index (κ1) is 12.4. The van der Waals surface area contributed by atoms with E-state index in [2.05, 4.69) is 32.2 Å². The Labute approximate surface area is 104 Å². The van der Waals surface area contributed by atoms with Gasteiger partial charge in [-0.3, -0.25) is 0 Å². The van der Waals surface area contributed by atoms with Crippen molar-refractivity contribution in [1.82, 2.24) is 5.32 Å². The van der Waals surface area contributed by atoms with Crippen molar-refractivity contribution in [1.29, 1.82) is 0 Å². The highest BCUT2D eigenvalue weighted by atomic mass is 16.3. The second-order valence-electron chi connectivity index (χ2n) is 6.03. The van der Waals surface area contributed by atoms with Crippen molar-refractivity contribution >= 4 is 0 Å². The molecule has 1 aliphatic heterocycles. The Hall–Kier alpha value is -1.02. The maximum Gasteiger partial charge on any atom is 0.120 e. The topological polar surface area (TPSA) is 32.3 Å². The van der Waals surface area contributed by atoms with Gasteiger partial charge in [0.15, 0.2) is 0 Å². The minimum Gasteiger partial charge on any atom is -0.508 e. The molecule has 0 bridgehead atoms. The van der Waals surface area contributed by atoms with E-state index in [1.807, 2.05) is 12.1 Å². The Morgan fingerprint density at radius 2 is 2.00 bits per heavy atom. The molecule has 2 rings (SSSR count). The molecule has 1 aromatic rings. The molecule has 1 heterocycles. The summed E-state index contributed by atoms with van der Waals surface area (Å²) in [6.45, 7) is 7.68. The maximum absolute atomic E-state index is 10.0. The summed E-state index contributed by atoms with van der Waals surface area (Å²) in [5.74, 6) is 0.428. The van der Waals surface area contributed by atoms with Crippen LogP contribution >= 0.6 is 0 Å². The van der Waals surface area contributed by atoms with Crippen LogP contribution in [-0.2, 0) is 5.41 Å². The lowest BCUT2D eigenvalue weighted by Gasteiger charge is -2.27. The minimum absolute atomic E-state index is 0.136. The van der Waals surface area contributed by atoms with Crippen molar-refractivity contribution in [3.05, 3.63) is 29.3 Å². The lowest BCUT2D eigenvalue weighted by Crippen LogP contribution is -2.27. The second-order valence-corrected chi connectivity index (χ2v) is 6.03. The quantitative estimate of drug-likeness (QED) is 0.778. The fraction of sp³-hybridized carbons (Fsp3) is 0.600. The average Bonchev–Trinajstić information content (AvgIpc) is 2.29. The summed E-state index contributed by atoms with van der Waals surface area (Å²) in [7, 11) is 0. The summed E-state index contributed by atoms with van der Waals surface area (Å²) in [6, 6.07) is 6.36. The van der Waals surface area contributed by atoms with Crippen molar-refractivity contribution in [2.45, 2.75) is 51.5 Å². The largest absolute Gasteiger partial charge is 0.508 e. The standard InChI is InChI=1S/C15H23NO/c1-15(2,3)11-7-8-14(17)12(10-11)13-6-4-5-9-16-13/h7-8,10,13,16-17H,4-6,9H2,1-3H3. The Bertz CT molecular complexity index is 386. The first-order valence-electron chi connectivity index (χ1n) is 6.55. The third kappa shape index (κ3) is 2.81. The zero-order chi connectivity index (χ0) is 12.5. The summed E-state index contributed by atoms with van der Waals surface area (Å²) in [5, 5.41) is 13.5. The predicted molar refractivity (Wildman–Crippen MR) is 71.4 cm³/mol. The van der Waals surface area contributed by atoms with Crippen molar-refractivity contribution in [3.63, 3.8) is 0 Å². The molecule has 17 heavy (non-hydrogen) atoms. The van der Waals surface area contributed by atoms with E-state index in [0.717, 1.165) is 18.5 Å². The molecule has 0 amide bonds. The zero-order valence-corrected chi connectivity index (χ0v) is 11.1. The van der Waals surface area contributed by atoms with E-state index in [9.17, 15) is 5.11 Å². The average molecular weight is 233 g/mol. The van der Waals surface area contributed by atoms with Crippen LogP contribution in [0, 0.1) is 0 Å². The summed E-state index contributed by atoms with van der Waals surface area (Å²) < 4.78 is 0. The number of hydrogen-bond donors (Lipinski definition) is 2. The first-order chi connectivity index (χ1) is 7.98. The SMILES string of the molecule is CC(C)(C)c1ccc(O)c(C2CCCCN2)c1. The molecule has 0 saturated carbocycles. The van der Waals surface area contributed by atoms with Crippen LogP contribution in [-0.4, -0.2) is 11.7 Å². The van der Waals surface area contributed by atoms with Gasteiger partial charge in [0.1, 0.15) is 5.75 Å². The van der Waals surface area contributed by atoms with Gasteiger partial charge in [0.05, 0.1) is 0 Å². The zero-order valence-electron chi connectivity index (χ0n) is 11.1. The third-order valence-electron chi connectivity index (χ3n) is 3.58. The number of piperidine rings is 1. The van der Waals surface area contributed by atoms with Crippen LogP contribution in [0.5, 0.6) is 5.75 Å². The second kappa shape index (κ2) is 4.69. The number of hydrogen-bond acceptors (Lipinski definition) is 2. The molecule has 1 unspecified atom stereocenters. The lowest BCUT2D eigenvalue weighted by atomic mass is 9.84. The number of benzene rings is 1. The number of aromatic hydroxyl groups is 1. The molecule has 2 nitrogen and oxygen atoms in total. The molecular formula is C15H23NO. The monoisotopic (exact) mass is 233 g/mol. The highest BCUT2D eigenvalue weighted by Gasteiger charge is 2.21. The fourth-order valence-corrected chi connectivity index (χ4v) is 2.42. The van der Waals surface area contributed by atoms with E-state index >= 15 is 0 Å². The van der Waals surface area contributed by atoms with Gasteiger partial charge in [-0.05, 0) is 36.4 Å². The van der Waals surface area contributed by atoms with Gasteiger partial charge in [0.25, 0.3) is 0 Å². The fourth-order valence-electron chi connectivity index (χ4n) is 2.42. The maximum atomic E-state index is 10.0. The number of rotatable bonds is 1. The molecule has 0 aromatic heterocycles. The van der Waals surface area contributed by atoms with Gasteiger partial charge in [-0.2, -0.15) is 0 Å². The van der Waals surface area contributed by atoms with Gasteiger partial charge in [-0.25, -0.2) is 0 Å². The number of phenols is 1. The van der Waals surface area contributed by atoms with E-state index in [4.69, 9.17) is 0 Å². The Balaban J connectivity index is 2.31. The van der Waals surface area contributed by atoms with Gasteiger partial charge >= 0.3 is 0 Å². The Kier molecular flexibility index (Phi) is 3.43. The molecule has 0 radical (unpaired) electrons. The van der Waals surface area contributed by atoms with E-state index in [0.29, 0.717) is 11.8 Å². The number of phenolic OH excluding ortho intramolecular Hbond substituents is 1. The molecule has 2 N–H and O–H groups in total. The molecule has 1 saturated heterocycles. The highest BCUT2D eigenvalue weighted by molar-refractivity contribution is 5.40. The van der Waals surface area contributed by atoms with E-state index < -0.39 is 0 Å². The molecule has 0 spiro atoms. The summed E-state index contributed by atoms with van der Waals surface area (Å²) in [6.07, 6.45) is 3.62. The first-order valence-corrected chi connectivity index (χ1v) is 6.55. The van der Waals surface area contributed by atoms with Crippen LogP contribution in [0.1, 0.15) is 57.2 Å². The summed E-state index contributed by atoms with van der Waals surface area (Å²) in [4.78, 5) is 0. The van der Waals surface area contributed by atoms with Crippen LogP contribution < -0.4 is 5.32 Å². The minimum atomic E-state index is 0.136. The van der Waals surface area contributed by atoms with Crippen molar-refractivity contribution in [2.75, 3.05) is 6.54 Å². The molecular weight excluding hydrogens is 210 g/mol. The molecule has 1 atom stereocenters. The third-order valence-corrected chi connectivity index (χ3v) is 3.58. The van der Waals surface area contributed by atoms with Gasteiger partial charge in [-0.15, -0.1) is 0 Å². The molecule has 1 fully saturated rings. The molecule has 1 aromatic carbocycles. The Morgan fingerprint density at radius 3 is 2.59 bits per heavy atom. The van der Waals surface area contributed by atoms with Gasteiger partial charge < -0.3 is 10.4 Å². The smallest absolute Gasteiger partial charge is 0.120 e. The number of nitrogens with one attached hydrogen (secondary N) is 1. The van der Waals surface area contributed by atoms with Crippen LogP contribution in [0.2, 0.25) is 0 Å². The van der Waals surface area contributed by atoms with E-state index in [-0.39, 0.29) is 5.41 Å². The lowest BCUT2D eigenvalue weighted by molar-refractivity contribution is 0.390. The predicted octanol–water partition coefficient (Wildman–Crippen LogP) is 3.50. The van der Waals surface area contributed by atoms with Crippen molar-refractivity contribution < 1.29 is 5.11 Å². The van der Waals surface area contributed by atoms with Gasteiger partial charge in [-0.1, -0.05) is 39.3 Å². The molecule has 0 aliphatic carbocycles. The normalized spacial score (nSPS) is 21.5. The van der Waals surface area contributed by atoms with Crippen LogP contribution in [0.4, 0.5) is 0 Å². The van der Waals surface area contributed by atoms with Crippen LogP contribution in [0.15, 0.2) is 18.2 Å².